The van der Waals surface area contributed by atoms with E-state index in [2.05, 4.69) is 200 Å². The summed E-state index contributed by atoms with van der Waals surface area (Å²) in [6.45, 7) is 4.72. The van der Waals surface area contributed by atoms with E-state index in [0.717, 1.165) is 24.2 Å². The number of anilines is 2. The predicted molar refractivity (Wildman–Crippen MR) is 226 cm³/mol. The number of benzene rings is 7. The highest BCUT2D eigenvalue weighted by Gasteiger charge is 2.36. The van der Waals surface area contributed by atoms with Crippen LogP contribution in [0.15, 0.2) is 176 Å². The van der Waals surface area contributed by atoms with Crippen LogP contribution < -0.4 is 5.32 Å². The summed E-state index contributed by atoms with van der Waals surface area (Å²) < 4.78 is 2.46. The zero-order chi connectivity index (χ0) is 35.5. The molecular weight excluding hydrogens is 641 g/mol. The van der Waals surface area contributed by atoms with Crippen molar-refractivity contribution < 1.29 is 0 Å². The molecule has 0 atom stereocenters. The van der Waals surface area contributed by atoms with E-state index in [0.29, 0.717) is 0 Å². The van der Waals surface area contributed by atoms with E-state index in [4.69, 9.17) is 0 Å². The van der Waals surface area contributed by atoms with Gasteiger partial charge in [-0.2, -0.15) is 0 Å². The van der Waals surface area contributed by atoms with Crippen molar-refractivity contribution in [1.29, 1.82) is 0 Å². The molecule has 53 heavy (non-hydrogen) atoms. The molecule has 0 aliphatic heterocycles. The van der Waals surface area contributed by atoms with Gasteiger partial charge in [0, 0.05) is 38.8 Å². The lowest BCUT2D eigenvalue weighted by molar-refractivity contribution is 0.660. The second-order valence-corrected chi connectivity index (χ2v) is 14.9. The molecule has 0 unspecified atom stereocenters. The molecule has 0 radical (unpaired) electrons. The van der Waals surface area contributed by atoms with Crippen LogP contribution in [0.1, 0.15) is 37.8 Å². The van der Waals surface area contributed by atoms with Crippen LogP contribution in [-0.2, 0) is 5.41 Å². The molecule has 1 heterocycles. The first-order valence-corrected chi connectivity index (χ1v) is 18.7. The van der Waals surface area contributed by atoms with E-state index in [1.54, 1.807) is 0 Å². The summed E-state index contributed by atoms with van der Waals surface area (Å²) in [6, 6.07) is 58.0. The number of hydrogen-bond donors (Lipinski definition) is 1. The molecule has 0 fully saturated rings. The quantitative estimate of drug-likeness (QED) is 0.185. The SMILES string of the molecule is CC1(C)c2ccccc2-c2c(-c3cc(-c4ccc5c(c4)c4ccccc4n5C4=CC=CCC4)ccc3Nc3cccc(-c4ccccc4)c3)cccc21. The summed E-state index contributed by atoms with van der Waals surface area (Å²) in [4.78, 5) is 0. The second kappa shape index (κ2) is 12.4. The average molecular weight is 681 g/mol. The molecular formula is C51H40N2. The largest absolute Gasteiger partial charge is 0.355 e. The highest BCUT2D eigenvalue weighted by atomic mass is 15.0. The zero-order valence-electron chi connectivity index (χ0n) is 30.1. The van der Waals surface area contributed by atoms with E-state index in [1.807, 2.05) is 0 Å². The maximum atomic E-state index is 3.87. The average Bonchev–Trinajstić information content (AvgIpc) is 3.67. The molecule has 1 aromatic heterocycles. The minimum atomic E-state index is -0.0834. The topological polar surface area (TPSA) is 17.0 Å². The van der Waals surface area contributed by atoms with Crippen LogP contribution in [0.2, 0.25) is 0 Å². The molecule has 0 saturated carbocycles. The zero-order valence-corrected chi connectivity index (χ0v) is 30.1. The van der Waals surface area contributed by atoms with Crippen molar-refractivity contribution in [1.82, 2.24) is 4.57 Å². The fourth-order valence-corrected chi connectivity index (χ4v) is 8.84. The minimum absolute atomic E-state index is 0.0834. The number of aromatic nitrogens is 1. The normalized spacial score (nSPS) is 14.3. The fourth-order valence-electron chi connectivity index (χ4n) is 8.84. The van der Waals surface area contributed by atoms with Gasteiger partial charge in [-0.1, -0.05) is 141 Å². The lowest BCUT2D eigenvalue weighted by atomic mass is 9.82. The number of hydrogen-bond acceptors (Lipinski definition) is 1. The third kappa shape index (κ3) is 5.17. The number of allylic oxidation sites excluding steroid dienone is 4. The standard InChI is InChI=1S/C51H40N2/c1-51(2)45-24-11-9-22-42(45)50-41(23-14-25-46(50)51)43-32-36(27-29-47(43)52-38-18-13-17-35(31-38)34-15-5-3-6-16-34)37-28-30-49-44(33-37)40-21-10-12-26-48(40)53(49)39-19-7-4-8-20-39/h3-7,9-19,21-33,52H,8,20H2,1-2H3. The van der Waals surface area contributed by atoms with Crippen molar-refractivity contribution in [2.24, 2.45) is 0 Å². The first-order valence-electron chi connectivity index (χ1n) is 18.7. The Hall–Kier alpha value is -6.38. The third-order valence-corrected chi connectivity index (χ3v) is 11.5. The lowest BCUT2D eigenvalue weighted by Gasteiger charge is -2.22. The molecule has 2 aliphatic rings. The molecule has 0 bridgehead atoms. The van der Waals surface area contributed by atoms with Gasteiger partial charge in [0.15, 0.2) is 0 Å². The van der Waals surface area contributed by atoms with Gasteiger partial charge in [-0.25, -0.2) is 0 Å². The highest BCUT2D eigenvalue weighted by molar-refractivity contribution is 6.11. The van der Waals surface area contributed by atoms with Gasteiger partial charge in [0.05, 0.1) is 11.0 Å². The van der Waals surface area contributed by atoms with Crippen molar-refractivity contribution in [3.63, 3.8) is 0 Å². The molecule has 2 heteroatoms. The van der Waals surface area contributed by atoms with Crippen molar-refractivity contribution in [2.75, 3.05) is 5.32 Å². The van der Waals surface area contributed by atoms with Crippen LogP contribution in [0.4, 0.5) is 11.4 Å². The number of para-hydroxylation sites is 1. The van der Waals surface area contributed by atoms with Gasteiger partial charge in [0.1, 0.15) is 0 Å². The van der Waals surface area contributed by atoms with Gasteiger partial charge in [-0.3, -0.25) is 0 Å². The van der Waals surface area contributed by atoms with Crippen molar-refractivity contribution in [2.45, 2.75) is 32.1 Å². The number of rotatable bonds is 6. The van der Waals surface area contributed by atoms with Gasteiger partial charge in [0.25, 0.3) is 0 Å². The summed E-state index contributed by atoms with van der Waals surface area (Å²) in [5.74, 6) is 0. The summed E-state index contributed by atoms with van der Waals surface area (Å²) in [5, 5.41) is 6.45. The molecule has 2 aliphatic carbocycles. The van der Waals surface area contributed by atoms with Crippen molar-refractivity contribution in [3.8, 4) is 44.5 Å². The van der Waals surface area contributed by atoms with Crippen LogP contribution in [0.5, 0.6) is 0 Å². The van der Waals surface area contributed by atoms with Crippen LogP contribution >= 0.6 is 0 Å². The molecule has 10 rings (SSSR count). The van der Waals surface area contributed by atoms with Crippen LogP contribution in [0, 0.1) is 0 Å². The van der Waals surface area contributed by atoms with E-state index in [-0.39, 0.29) is 5.41 Å². The molecule has 0 spiro atoms. The monoisotopic (exact) mass is 680 g/mol. The maximum absolute atomic E-state index is 3.87. The van der Waals surface area contributed by atoms with Gasteiger partial charge in [-0.15, -0.1) is 0 Å². The molecule has 0 saturated heterocycles. The fraction of sp³-hybridized carbons (Fsp3) is 0.0980. The smallest absolute Gasteiger partial charge is 0.0538 e. The molecule has 8 aromatic rings. The number of nitrogens with zero attached hydrogens (tertiary/aromatic N) is 1. The van der Waals surface area contributed by atoms with E-state index in [1.165, 1.54) is 83.1 Å². The lowest BCUT2D eigenvalue weighted by Crippen LogP contribution is -2.14. The van der Waals surface area contributed by atoms with Gasteiger partial charge >= 0.3 is 0 Å². The third-order valence-electron chi connectivity index (χ3n) is 11.5. The van der Waals surface area contributed by atoms with Crippen molar-refractivity contribution >= 4 is 38.9 Å². The van der Waals surface area contributed by atoms with E-state index >= 15 is 0 Å². The van der Waals surface area contributed by atoms with E-state index in [9.17, 15) is 0 Å². The Kier molecular flexibility index (Phi) is 7.33. The molecule has 2 nitrogen and oxygen atoms in total. The summed E-state index contributed by atoms with van der Waals surface area (Å²) in [7, 11) is 0. The van der Waals surface area contributed by atoms with Gasteiger partial charge < -0.3 is 9.88 Å². The summed E-state index contributed by atoms with van der Waals surface area (Å²) in [5.41, 5.74) is 18.6. The van der Waals surface area contributed by atoms with Crippen LogP contribution in [-0.4, -0.2) is 4.57 Å². The summed E-state index contributed by atoms with van der Waals surface area (Å²) in [6.07, 6.45) is 8.84. The van der Waals surface area contributed by atoms with Crippen LogP contribution in [0.3, 0.4) is 0 Å². The predicted octanol–water partition coefficient (Wildman–Crippen LogP) is 14.0. The Morgan fingerprint density at radius 1 is 0.528 bits per heavy atom. The van der Waals surface area contributed by atoms with Crippen molar-refractivity contribution in [3.05, 3.63) is 187 Å². The number of nitrogens with one attached hydrogen (secondary N) is 1. The molecule has 7 aromatic carbocycles. The van der Waals surface area contributed by atoms with Crippen LogP contribution in [0.25, 0.3) is 72.0 Å². The Labute approximate surface area is 311 Å². The summed E-state index contributed by atoms with van der Waals surface area (Å²) >= 11 is 0. The Morgan fingerprint density at radius 3 is 2.11 bits per heavy atom. The minimum Gasteiger partial charge on any atom is -0.355 e. The van der Waals surface area contributed by atoms with Gasteiger partial charge in [-0.05, 0) is 111 Å². The second-order valence-electron chi connectivity index (χ2n) is 14.9. The Balaban J connectivity index is 1.16. The maximum Gasteiger partial charge on any atom is 0.0538 e. The first kappa shape index (κ1) is 31.4. The number of fused-ring (bicyclic) bond motifs is 6. The molecule has 0 amide bonds. The molecule has 1 N–H and O–H groups in total. The Bertz CT molecular complexity index is 2770. The molecule has 254 valence electrons. The van der Waals surface area contributed by atoms with E-state index < -0.39 is 0 Å². The first-order chi connectivity index (χ1) is 26.0. The van der Waals surface area contributed by atoms with Gasteiger partial charge in [0.2, 0.25) is 0 Å². The highest BCUT2D eigenvalue weighted by Crippen LogP contribution is 2.53. The Morgan fingerprint density at radius 2 is 1.23 bits per heavy atom.